The Kier molecular flexibility index (Phi) is 6.22. The minimum absolute atomic E-state index is 0.357. The van der Waals surface area contributed by atoms with Gasteiger partial charge in [0.25, 0.3) is 0 Å². The third-order valence-corrected chi connectivity index (χ3v) is 6.67. The van der Waals surface area contributed by atoms with Crippen molar-refractivity contribution in [3.05, 3.63) is 23.8 Å². The van der Waals surface area contributed by atoms with Gasteiger partial charge in [-0.3, -0.25) is 0 Å². The van der Waals surface area contributed by atoms with Crippen LogP contribution in [0.1, 0.15) is 12.0 Å². The molecule has 0 unspecified atom stereocenters. The lowest BCUT2D eigenvalue weighted by atomic mass is 10.1. The standard InChI is InChI=1S/C14H20ClNO3S2/c1-19-13-3-4-14(12(11-13)5-6-15)21(17,18)16-7-2-9-20-10-8-16/h3-4,11H,2,5-10H2,1H3. The molecule has 4 nitrogen and oxygen atoms in total. The highest BCUT2D eigenvalue weighted by Crippen LogP contribution is 2.27. The summed E-state index contributed by atoms with van der Waals surface area (Å²) in [5.41, 5.74) is 0.723. The first-order valence-corrected chi connectivity index (χ1v) is 10.0. The van der Waals surface area contributed by atoms with Crippen molar-refractivity contribution in [2.24, 2.45) is 0 Å². The molecule has 7 heteroatoms. The molecule has 0 N–H and O–H groups in total. The predicted molar refractivity (Wildman–Crippen MR) is 88.1 cm³/mol. The van der Waals surface area contributed by atoms with Gasteiger partial charge in [0.1, 0.15) is 5.75 Å². The van der Waals surface area contributed by atoms with E-state index >= 15 is 0 Å². The number of hydrogen-bond donors (Lipinski definition) is 0. The molecule has 1 saturated heterocycles. The summed E-state index contributed by atoms with van der Waals surface area (Å²) in [7, 11) is -1.89. The van der Waals surface area contributed by atoms with Crippen molar-refractivity contribution < 1.29 is 13.2 Å². The van der Waals surface area contributed by atoms with Gasteiger partial charge in [0.15, 0.2) is 0 Å². The molecular weight excluding hydrogens is 330 g/mol. The van der Waals surface area contributed by atoms with Crippen LogP contribution in [0.4, 0.5) is 0 Å². The molecule has 1 aliphatic heterocycles. The smallest absolute Gasteiger partial charge is 0.243 e. The van der Waals surface area contributed by atoms with Crippen LogP contribution >= 0.6 is 23.4 Å². The van der Waals surface area contributed by atoms with E-state index in [4.69, 9.17) is 16.3 Å². The Balaban J connectivity index is 2.37. The molecule has 0 aliphatic carbocycles. The van der Waals surface area contributed by atoms with E-state index in [9.17, 15) is 8.42 Å². The lowest BCUT2D eigenvalue weighted by Gasteiger charge is -2.21. The summed E-state index contributed by atoms with van der Waals surface area (Å²) in [5, 5.41) is 0. The zero-order valence-corrected chi connectivity index (χ0v) is 14.4. The number of sulfonamides is 1. The van der Waals surface area contributed by atoms with Crippen molar-refractivity contribution in [1.29, 1.82) is 0 Å². The van der Waals surface area contributed by atoms with E-state index < -0.39 is 10.0 Å². The third-order valence-electron chi connectivity index (χ3n) is 3.43. The number of thioether (sulfide) groups is 1. The Morgan fingerprint density at radius 1 is 1.33 bits per heavy atom. The molecule has 0 spiro atoms. The number of ether oxygens (including phenoxy) is 1. The zero-order valence-electron chi connectivity index (χ0n) is 12.0. The van der Waals surface area contributed by atoms with E-state index in [1.165, 1.54) is 0 Å². The van der Waals surface area contributed by atoms with Crippen molar-refractivity contribution in [2.45, 2.75) is 17.7 Å². The second-order valence-electron chi connectivity index (χ2n) is 4.78. The highest BCUT2D eigenvalue weighted by Gasteiger charge is 2.27. The zero-order chi connectivity index (χ0) is 15.3. The van der Waals surface area contributed by atoms with E-state index in [1.807, 2.05) is 0 Å². The molecule has 0 aromatic heterocycles. The lowest BCUT2D eigenvalue weighted by Crippen LogP contribution is -2.33. The van der Waals surface area contributed by atoms with Crippen molar-refractivity contribution in [1.82, 2.24) is 4.31 Å². The summed E-state index contributed by atoms with van der Waals surface area (Å²) in [6.07, 6.45) is 1.40. The van der Waals surface area contributed by atoms with Gasteiger partial charge in [-0.05, 0) is 42.4 Å². The first-order valence-electron chi connectivity index (χ1n) is 6.90. The van der Waals surface area contributed by atoms with E-state index in [0.29, 0.717) is 36.0 Å². The molecule has 1 aliphatic rings. The molecular formula is C14H20ClNO3S2. The molecule has 0 atom stereocenters. The lowest BCUT2D eigenvalue weighted by molar-refractivity contribution is 0.413. The van der Waals surface area contributed by atoms with Crippen LogP contribution in [0.5, 0.6) is 5.75 Å². The minimum Gasteiger partial charge on any atom is -0.497 e. The number of benzene rings is 1. The highest BCUT2D eigenvalue weighted by atomic mass is 35.5. The van der Waals surface area contributed by atoms with Gasteiger partial charge in [-0.25, -0.2) is 8.42 Å². The van der Waals surface area contributed by atoms with E-state index in [2.05, 4.69) is 0 Å². The van der Waals surface area contributed by atoms with Crippen LogP contribution in [-0.2, 0) is 16.4 Å². The van der Waals surface area contributed by atoms with Crippen LogP contribution in [0.3, 0.4) is 0 Å². The van der Waals surface area contributed by atoms with Gasteiger partial charge in [-0.15, -0.1) is 11.6 Å². The van der Waals surface area contributed by atoms with Crippen molar-refractivity contribution in [3.8, 4) is 5.75 Å². The summed E-state index contributed by atoms with van der Waals surface area (Å²) in [6, 6.07) is 5.09. The molecule has 0 saturated carbocycles. The topological polar surface area (TPSA) is 46.6 Å². The fourth-order valence-electron chi connectivity index (χ4n) is 2.33. The first-order chi connectivity index (χ1) is 10.1. The number of halogens is 1. The highest BCUT2D eigenvalue weighted by molar-refractivity contribution is 7.99. The fourth-order valence-corrected chi connectivity index (χ4v) is 5.25. The molecule has 21 heavy (non-hydrogen) atoms. The van der Waals surface area contributed by atoms with E-state index in [1.54, 1.807) is 41.4 Å². The van der Waals surface area contributed by atoms with Crippen LogP contribution in [0, 0.1) is 0 Å². The largest absolute Gasteiger partial charge is 0.497 e. The van der Waals surface area contributed by atoms with Crippen LogP contribution in [0.2, 0.25) is 0 Å². The molecule has 1 aromatic carbocycles. The van der Waals surface area contributed by atoms with Crippen molar-refractivity contribution in [2.75, 3.05) is 37.6 Å². The molecule has 0 amide bonds. The van der Waals surface area contributed by atoms with Gasteiger partial charge in [0, 0.05) is 24.7 Å². The van der Waals surface area contributed by atoms with Crippen molar-refractivity contribution >= 4 is 33.4 Å². The summed E-state index contributed by atoms with van der Waals surface area (Å²) in [6.45, 7) is 1.15. The quantitative estimate of drug-likeness (QED) is 0.767. The van der Waals surface area contributed by atoms with Gasteiger partial charge >= 0.3 is 0 Å². The van der Waals surface area contributed by atoms with Gasteiger partial charge < -0.3 is 4.74 Å². The number of methoxy groups -OCH3 is 1. The SMILES string of the molecule is COc1ccc(S(=O)(=O)N2CCCSCC2)c(CCCl)c1. The molecule has 1 heterocycles. The molecule has 118 valence electrons. The number of alkyl halides is 1. The average molecular weight is 350 g/mol. The molecule has 2 rings (SSSR count). The van der Waals surface area contributed by atoms with Crippen LogP contribution < -0.4 is 4.74 Å². The number of nitrogens with zero attached hydrogens (tertiary/aromatic N) is 1. The van der Waals surface area contributed by atoms with Crippen LogP contribution in [0.15, 0.2) is 23.1 Å². The molecule has 0 radical (unpaired) electrons. The maximum atomic E-state index is 12.9. The van der Waals surface area contributed by atoms with E-state index in [0.717, 1.165) is 23.5 Å². The van der Waals surface area contributed by atoms with Gasteiger partial charge in [-0.2, -0.15) is 16.1 Å². The first kappa shape index (κ1) is 16.9. The minimum atomic E-state index is -3.46. The van der Waals surface area contributed by atoms with Gasteiger partial charge in [-0.1, -0.05) is 0 Å². The Hall–Kier alpha value is -0.430. The number of rotatable bonds is 5. The summed E-state index contributed by atoms with van der Waals surface area (Å²) in [4.78, 5) is 0.357. The summed E-state index contributed by atoms with van der Waals surface area (Å²) in [5.74, 6) is 2.90. The van der Waals surface area contributed by atoms with Crippen molar-refractivity contribution in [3.63, 3.8) is 0 Å². The molecule has 0 bridgehead atoms. The third kappa shape index (κ3) is 4.06. The number of hydrogen-bond acceptors (Lipinski definition) is 4. The average Bonchev–Trinajstić information content (AvgIpc) is 2.77. The number of aryl methyl sites for hydroxylation is 1. The Bertz CT molecular complexity index is 570. The maximum Gasteiger partial charge on any atom is 0.243 e. The predicted octanol–water partition coefficient (Wildman–Crippen LogP) is 2.60. The van der Waals surface area contributed by atoms with Crippen LogP contribution in [0.25, 0.3) is 0 Å². The Labute approximate surface area is 135 Å². The second kappa shape index (κ2) is 7.72. The van der Waals surface area contributed by atoms with E-state index in [-0.39, 0.29) is 0 Å². The fraction of sp³-hybridized carbons (Fsp3) is 0.571. The van der Waals surface area contributed by atoms with Gasteiger partial charge in [0.2, 0.25) is 10.0 Å². The Morgan fingerprint density at radius 3 is 2.86 bits per heavy atom. The normalized spacial score (nSPS) is 17.4. The maximum absolute atomic E-state index is 12.9. The van der Waals surface area contributed by atoms with Crippen LogP contribution in [-0.4, -0.2) is 50.3 Å². The summed E-state index contributed by atoms with van der Waals surface area (Å²) >= 11 is 7.62. The van der Waals surface area contributed by atoms with Gasteiger partial charge in [0.05, 0.1) is 12.0 Å². The Morgan fingerprint density at radius 2 is 2.14 bits per heavy atom. The molecule has 1 fully saturated rings. The monoisotopic (exact) mass is 349 g/mol. The second-order valence-corrected chi connectivity index (χ2v) is 8.29. The molecule has 1 aromatic rings. The summed E-state index contributed by atoms with van der Waals surface area (Å²) < 4.78 is 32.5.